The van der Waals surface area contributed by atoms with Gasteiger partial charge in [0, 0.05) is 6.42 Å². The Labute approximate surface area is 81.7 Å². The van der Waals surface area contributed by atoms with Gasteiger partial charge in [0.2, 0.25) is 0 Å². The molecule has 0 saturated heterocycles. The molecule has 0 aromatic heterocycles. The Kier molecular flexibility index (Phi) is 6.65. The van der Waals surface area contributed by atoms with Crippen LogP contribution in [0.15, 0.2) is 0 Å². The summed E-state index contributed by atoms with van der Waals surface area (Å²) in [7, 11) is 0. The van der Waals surface area contributed by atoms with Crippen LogP contribution in [0.2, 0.25) is 0 Å². The minimum absolute atomic E-state index is 0.0568. The molecule has 2 nitrogen and oxygen atoms in total. The minimum Gasteiger partial charge on any atom is -0.463 e. The number of hydrogen-bond acceptors (Lipinski definition) is 2. The van der Waals surface area contributed by atoms with Crippen LogP contribution in [0.25, 0.3) is 0 Å². The van der Waals surface area contributed by atoms with Crippen molar-refractivity contribution < 1.29 is 9.53 Å². The Morgan fingerprint density at radius 2 is 1.92 bits per heavy atom. The second-order valence-corrected chi connectivity index (χ2v) is 4.04. The fourth-order valence-corrected chi connectivity index (χ4v) is 1.16. The molecule has 2 heteroatoms. The van der Waals surface area contributed by atoms with Gasteiger partial charge in [-0.1, -0.05) is 33.6 Å². The average molecular weight is 186 g/mol. The number of rotatable bonds is 6. The predicted molar refractivity (Wildman–Crippen MR) is 54.5 cm³/mol. The van der Waals surface area contributed by atoms with Crippen LogP contribution in [-0.2, 0) is 9.53 Å². The second kappa shape index (κ2) is 6.93. The topological polar surface area (TPSA) is 26.3 Å². The van der Waals surface area contributed by atoms with E-state index in [1.54, 1.807) is 0 Å². The third-order valence-corrected chi connectivity index (χ3v) is 1.87. The number of carbonyl (C=O) groups is 1. The number of unbranched alkanes of at least 4 members (excludes halogenated alkanes) is 1. The molecule has 0 aromatic rings. The largest absolute Gasteiger partial charge is 0.463 e. The van der Waals surface area contributed by atoms with Gasteiger partial charge in [-0.25, -0.2) is 0 Å². The van der Waals surface area contributed by atoms with Crippen molar-refractivity contribution in [3.8, 4) is 0 Å². The Morgan fingerprint density at radius 1 is 1.31 bits per heavy atom. The summed E-state index contributed by atoms with van der Waals surface area (Å²) < 4.78 is 5.22. The molecular formula is C11H22O2. The van der Waals surface area contributed by atoms with Crippen molar-refractivity contribution in [3.63, 3.8) is 0 Å². The monoisotopic (exact) mass is 186 g/mol. The molecule has 0 aromatic carbocycles. The maximum absolute atomic E-state index is 11.2. The molecule has 0 saturated carbocycles. The Bertz CT molecular complexity index is 141. The maximum Gasteiger partial charge on any atom is 0.306 e. The van der Waals surface area contributed by atoms with Crippen LogP contribution in [0.5, 0.6) is 0 Å². The Balaban J connectivity index is 3.53. The van der Waals surface area contributed by atoms with Gasteiger partial charge >= 0.3 is 5.97 Å². The smallest absolute Gasteiger partial charge is 0.306 e. The first-order valence-electron chi connectivity index (χ1n) is 5.25. The van der Waals surface area contributed by atoms with E-state index < -0.39 is 0 Å². The average Bonchev–Trinajstić information content (AvgIpc) is 1.98. The molecule has 0 rings (SSSR count). The highest BCUT2D eigenvalue weighted by Crippen LogP contribution is 2.07. The molecule has 0 aliphatic heterocycles. The normalized spacial score (nSPS) is 13.0. The number of ether oxygens (including phenoxy) is 1. The summed E-state index contributed by atoms with van der Waals surface area (Å²) in [6.07, 6.45) is 3.91. The number of hydrogen-bond donors (Lipinski definition) is 0. The van der Waals surface area contributed by atoms with Crippen LogP contribution in [0.4, 0.5) is 0 Å². The summed E-state index contributed by atoms with van der Waals surface area (Å²) in [6.45, 7) is 8.16. The van der Waals surface area contributed by atoms with Gasteiger partial charge in [-0.05, 0) is 19.3 Å². The van der Waals surface area contributed by atoms with Gasteiger partial charge in [-0.15, -0.1) is 0 Å². The van der Waals surface area contributed by atoms with Crippen molar-refractivity contribution in [1.82, 2.24) is 0 Å². The molecule has 78 valence electrons. The lowest BCUT2D eigenvalue weighted by Crippen LogP contribution is -2.16. The molecule has 0 bridgehead atoms. The summed E-state index contributed by atoms with van der Waals surface area (Å²) in [5.41, 5.74) is 0. The summed E-state index contributed by atoms with van der Waals surface area (Å²) in [6, 6.07) is 0. The first-order chi connectivity index (χ1) is 6.06. The van der Waals surface area contributed by atoms with Gasteiger partial charge in [-0.3, -0.25) is 4.79 Å². The van der Waals surface area contributed by atoms with E-state index in [-0.39, 0.29) is 12.1 Å². The van der Waals surface area contributed by atoms with E-state index in [0.29, 0.717) is 12.3 Å². The molecule has 0 fully saturated rings. The van der Waals surface area contributed by atoms with Crippen LogP contribution in [0, 0.1) is 5.92 Å². The van der Waals surface area contributed by atoms with Crippen LogP contribution in [-0.4, -0.2) is 12.1 Å². The summed E-state index contributed by atoms with van der Waals surface area (Å²) in [4.78, 5) is 11.2. The van der Waals surface area contributed by atoms with Crippen molar-refractivity contribution in [2.24, 2.45) is 5.92 Å². The third-order valence-electron chi connectivity index (χ3n) is 1.87. The predicted octanol–water partition coefficient (Wildman–Crippen LogP) is 3.15. The van der Waals surface area contributed by atoms with Gasteiger partial charge in [0.05, 0.1) is 6.10 Å². The van der Waals surface area contributed by atoms with E-state index in [4.69, 9.17) is 4.74 Å². The second-order valence-electron chi connectivity index (χ2n) is 4.04. The molecule has 1 atom stereocenters. The molecule has 0 spiro atoms. The number of esters is 1. The highest BCUT2D eigenvalue weighted by molar-refractivity contribution is 5.69. The highest BCUT2D eigenvalue weighted by Gasteiger charge is 2.10. The maximum atomic E-state index is 11.2. The molecule has 1 unspecified atom stereocenters. The van der Waals surface area contributed by atoms with E-state index in [0.717, 1.165) is 19.3 Å². The molecule has 13 heavy (non-hydrogen) atoms. The van der Waals surface area contributed by atoms with E-state index in [1.165, 1.54) is 0 Å². The zero-order chi connectivity index (χ0) is 10.3. The fourth-order valence-electron chi connectivity index (χ4n) is 1.16. The van der Waals surface area contributed by atoms with Crippen LogP contribution < -0.4 is 0 Å². The molecule has 0 amide bonds. The Morgan fingerprint density at radius 3 is 2.38 bits per heavy atom. The summed E-state index contributed by atoms with van der Waals surface area (Å²) >= 11 is 0. The lowest BCUT2D eigenvalue weighted by molar-refractivity contribution is -0.149. The van der Waals surface area contributed by atoms with Crippen molar-refractivity contribution in [2.45, 2.75) is 59.5 Å². The van der Waals surface area contributed by atoms with Crippen molar-refractivity contribution in [3.05, 3.63) is 0 Å². The van der Waals surface area contributed by atoms with Crippen molar-refractivity contribution in [2.75, 3.05) is 0 Å². The highest BCUT2D eigenvalue weighted by atomic mass is 16.5. The molecule has 0 heterocycles. The lowest BCUT2D eigenvalue weighted by atomic mass is 10.1. The zero-order valence-electron chi connectivity index (χ0n) is 9.30. The van der Waals surface area contributed by atoms with Crippen LogP contribution in [0.3, 0.4) is 0 Å². The van der Waals surface area contributed by atoms with E-state index in [1.807, 2.05) is 20.8 Å². The Hall–Kier alpha value is -0.530. The molecule has 0 aliphatic carbocycles. The van der Waals surface area contributed by atoms with Crippen LogP contribution >= 0.6 is 0 Å². The minimum atomic E-state index is -0.0568. The van der Waals surface area contributed by atoms with Crippen LogP contribution in [0.1, 0.15) is 53.4 Å². The third kappa shape index (κ3) is 7.82. The van der Waals surface area contributed by atoms with E-state index >= 15 is 0 Å². The van der Waals surface area contributed by atoms with E-state index in [2.05, 4.69) is 6.92 Å². The summed E-state index contributed by atoms with van der Waals surface area (Å²) in [5.74, 6) is 0.337. The zero-order valence-corrected chi connectivity index (χ0v) is 9.30. The molecule has 0 radical (unpaired) electrons. The quantitative estimate of drug-likeness (QED) is 0.596. The molecule has 0 aliphatic rings. The molecular weight excluding hydrogens is 164 g/mol. The number of carbonyl (C=O) groups excluding carboxylic acids is 1. The van der Waals surface area contributed by atoms with Gasteiger partial charge in [0.1, 0.15) is 0 Å². The lowest BCUT2D eigenvalue weighted by Gasteiger charge is -2.13. The molecule has 0 N–H and O–H groups in total. The SMILES string of the molecule is CCCCC(C)OC(=O)CC(C)C. The van der Waals surface area contributed by atoms with E-state index in [9.17, 15) is 4.79 Å². The van der Waals surface area contributed by atoms with Gasteiger partial charge < -0.3 is 4.74 Å². The van der Waals surface area contributed by atoms with Gasteiger partial charge in [0.25, 0.3) is 0 Å². The van der Waals surface area contributed by atoms with Gasteiger partial charge in [-0.2, -0.15) is 0 Å². The van der Waals surface area contributed by atoms with Crippen molar-refractivity contribution >= 4 is 5.97 Å². The summed E-state index contributed by atoms with van der Waals surface area (Å²) in [5, 5.41) is 0. The fraction of sp³-hybridized carbons (Fsp3) is 0.909. The van der Waals surface area contributed by atoms with Crippen molar-refractivity contribution in [1.29, 1.82) is 0 Å². The first kappa shape index (κ1) is 12.5. The standard InChI is InChI=1S/C11H22O2/c1-5-6-7-10(4)13-11(12)8-9(2)3/h9-10H,5-8H2,1-4H3. The first-order valence-corrected chi connectivity index (χ1v) is 5.25. The van der Waals surface area contributed by atoms with Gasteiger partial charge in [0.15, 0.2) is 0 Å².